The van der Waals surface area contributed by atoms with Crippen molar-refractivity contribution in [2.24, 2.45) is 16.7 Å². The molecule has 0 radical (unpaired) electrons. The predicted molar refractivity (Wildman–Crippen MR) is 102 cm³/mol. The first kappa shape index (κ1) is 17.3. The first-order valence-electron chi connectivity index (χ1n) is 10.9. The van der Waals surface area contributed by atoms with Crippen LogP contribution in [0, 0.1) is 16.7 Å². The summed E-state index contributed by atoms with van der Waals surface area (Å²) in [5.41, 5.74) is 1.49. The summed E-state index contributed by atoms with van der Waals surface area (Å²) in [4.78, 5) is 5.66. The Morgan fingerprint density at radius 1 is 0.917 bits per heavy atom. The number of rotatable bonds is 4. The van der Waals surface area contributed by atoms with Crippen LogP contribution < -0.4 is 0 Å². The first-order valence-corrected chi connectivity index (χ1v) is 10.9. The molecule has 0 amide bonds. The molecular formula is C22H40N2. The van der Waals surface area contributed by atoms with Crippen LogP contribution in [0.5, 0.6) is 0 Å². The van der Waals surface area contributed by atoms with Gasteiger partial charge in [0, 0.05) is 30.7 Å². The lowest BCUT2D eigenvalue weighted by Crippen LogP contribution is -2.52. The molecule has 0 N–H and O–H groups in total. The van der Waals surface area contributed by atoms with Crippen molar-refractivity contribution in [2.45, 2.75) is 110 Å². The van der Waals surface area contributed by atoms with E-state index in [4.69, 9.17) is 0 Å². The maximum atomic E-state index is 2.87. The molecule has 0 aromatic rings. The summed E-state index contributed by atoms with van der Waals surface area (Å²) in [5, 5.41) is 0. The van der Waals surface area contributed by atoms with Crippen molar-refractivity contribution in [3.05, 3.63) is 0 Å². The maximum Gasteiger partial charge on any atom is 0.00750 e. The topological polar surface area (TPSA) is 6.48 Å². The van der Waals surface area contributed by atoms with Gasteiger partial charge in [-0.2, -0.15) is 0 Å². The Balaban J connectivity index is 1.38. The quantitative estimate of drug-likeness (QED) is 0.720. The Labute approximate surface area is 150 Å². The highest BCUT2D eigenvalue weighted by Gasteiger charge is 2.54. The second-order valence-electron chi connectivity index (χ2n) is 10.5. The highest BCUT2D eigenvalue weighted by Crippen LogP contribution is 2.59. The van der Waals surface area contributed by atoms with Crippen molar-refractivity contribution in [1.29, 1.82) is 0 Å². The van der Waals surface area contributed by atoms with Gasteiger partial charge in [-0.25, -0.2) is 0 Å². The van der Waals surface area contributed by atoms with Gasteiger partial charge in [0.1, 0.15) is 0 Å². The predicted octanol–water partition coefficient (Wildman–Crippen LogP) is 4.93. The van der Waals surface area contributed by atoms with Crippen LogP contribution in [0.25, 0.3) is 0 Å². The fourth-order valence-corrected chi connectivity index (χ4v) is 6.48. The second-order valence-corrected chi connectivity index (χ2v) is 10.5. The molecule has 2 nitrogen and oxygen atoms in total. The monoisotopic (exact) mass is 332 g/mol. The van der Waals surface area contributed by atoms with E-state index in [1.54, 1.807) is 0 Å². The first-order chi connectivity index (χ1) is 11.3. The van der Waals surface area contributed by atoms with Gasteiger partial charge in [-0.1, -0.05) is 0 Å². The lowest BCUT2D eigenvalue weighted by molar-refractivity contribution is 0.00546. The minimum Gasteiger partial charge on any atom is -0.298 e. The van der Waals surface area contributed by atoms with E-state index in [0.29, 0.717) is 11.5 Å². The van der Waals surface area contributed by atoms with Gasteiger partial charge in [-0.3, -0.25) is 9.80 Å². The summed E-state index contributed by atoms with van der Waals surface area (Å²) in [6.07, 6.45) is 11.9. The molecule has 2 heteroatoms. The standard InChI is InChI=1S/C22H40N2/c1-16(2)24-15-22(8-9-22)20(13-18(24)4)12-17(3)23-11-10-21(6-7-21)14-19(23)5/h16-20H,6-15H2,1-5H3/t17?,18-,19-,20?/m1/s1. The highest BCUT2D eigenvalue weighted by molar-refractivity contribution is 5.07. The second kappa shape index (κ2) is 5.98. The summed E-state index contributed by atoms with van der Waals surface area (Å²) in [6.45, 7) is 15.0. The third-order valence-corrected chi connectivity index (χ3v) is 8.45. The van der Waals surface area contributed by atoms with Crippen molar-refractivity contribution >= 4 is 0 Å². The molecule has 2 aliphatic carbocycles. The Morgan fingerprint density at radius 2 is 1.62 bits per heavy atom. The van der Waals surface area contributed by atoms with Crippen LogP contribution in [-0.2, 0) is 0 Å². The van der Waals surface area contributed by atoms with Crippen LogP contribution in [-0.4, -0.2) is 47.1 Å². The minimum atomic E-state index is 0.696. The normalized spacial score (nSPS) is 39.5. The molecule has 24 heavy (non-hydrogen) atoms. The zero-order valence-electron chi connectivity index (χ0n) is 16.9. The molecule has 4 atom stereocenters. The van der Waals surface area contributed by atoms with Crippen LogP contribution in [0.4, 0.5) is 0 Å². The number of piperidine rings is 2. The van der Waals surface area contributed by atoms with Crippen LogP contribution >= 0.6 is 0 Å². The van der Waals surface area contributed by atoms with E-state index < -0.39 is 0 Å². The van der Waals surface area contributed by atoms with Gasteiger partial charge in [0.2, 0.25) is 0 Å². The van der Waals surface area contributed by atoms with E-state index in [9.17, 15) is 0 Å². The molecule has 0 bridgehead atoms. The summed E-state index contributed by atoms with van der Waals surface area (Å²) in [7, 11) is 0. The molecule has 2 aliphatic heterocycles. The molecule has 0 aromatic heterocycles. The van der Waals surface area contributed by atoms with Crippen molar-refractivity contribution < 1.29 is 0 Å². The molecule has 4 aliphatic rings. The third-order valence-electron chi connectivity index (χ3n) is 8.45. The number of hydrogen-bond acceptors (Lipinski definition) is 2. The molecule has 4 rings (SSSR count). The largest absolute Gasteiger partial charge is 0.298 e. The lowest BCUT2D eigenvalue weighted by atomic mass is 9.75. The molecule has 2 saturated heterocycles. The number of hydrogen-bond donors (Lipinski definition) is 0. The van der Waals surface area contributed by atoms with Gasteiger partial charge in [-0.15, -0.1) is 0 Å². The van der Waals surface area contributed by atoms with E-state index >= 15 is 0 Å². The van der Waals surface area contributed by atoms with Crippen LogP contribution in [0.3, 0.4) is 0 Å². The third kappa shape index (κ3) is 3.07. The van der Waals surface area contributed by atoms with Crippen LogP contribution in [0.1, 0.15) is 86.0 Å². The fraction of sp³-hybridized carbons (Fsp3) is 1.00. The Kier molecular flexibility index (Phi) is 4.32. The zero-order valence-corrected chi connectivity index (χ0v) is 16.9. The fourth-order valence-electron chi connectivity index (χ4n) is 6.48. The van der Waals surface area contributed by atoms with Gasteiger partial charge >= 0.3 is 0 Å². The Hall–Kier alpha value is -0.0800. The molecule has 2 spiro atoms. The molecule has 2 heterocycles. The van der Waals surface area contributed by atoms with E-state index in [-0.39, 0.29) is 0 Å². The molecule has 138 valence electrons. The van der Waals surface area contributed by atoms with Crippen molar-refractivity contribution in [3.8, 4) is 0 Å². The molecule has 2 unspecified atom stereocenters. The molecular weight excluding hydrogens is 292 g/mol. The van der Waals surface area contributed by atoms with Gasteiger partial charge in [0.15, 0.2) is 0 Å². The van der Waals surface area contributed by atoms with Crippen molar-refractivity contribution in [1.82, 2.24) is 9.80 Å². The SMILES string of the molecule is CC(C)N1CC2(CC2)C(CC(C)N2CCC3(CC3)C[C@H]2C)C[C@H]1C. The Bertz CT molecular complexity index is 463. The summed E-state index contributed by atoms with van der Waals surface area (Å²) in [5.74, 6) is 0.974. The van der Waals surface area contributed by atoms with E-state index in [1.165, 1.54) is 64.5 Å². The van der Waals surface area contributed by atoms with E-state index in [1.807, 2.05) is 0 Å². The summed E-state index contributed by atoms with van der Waals surface area (Å²) in [6, 6.07) is 3.10. The van der Waals surface area contributed by atoms with Gasteiger partial charge in [-0.05, 0) is 109 Å². The number of nitrogens with zero attached hydrogens (tertiary/aromatic N) is 2. The zero-order chi connectivity index (χ0) is 17.1. The van der Waals surface area contributed by atoms with Crippen LogP contribution in [0.15, 0.2) is 0 Å². The van der Waals surface area contributed by atoms with Gasteiger partial charge in [0.05, 0.1) is 0 Å². The number of likely N-dealkylation sites (tertiary alicyclic amines) is 2. The van der Waals surface area contributed by atoms with Crippen molar-refractivity contribution in [3.63, 3.8) is 0 Å². The lowest BCUT2D eigenvalue weighted by Gasteiger charge is -2.48. The highest BCUT2D eigenvalue weighted by atomic mass is 15.2. The minimum absolute atomic E-state index is 0.696. The van der Waals surface area contributed by atoms with Gasteiger partial charge in [0.25, 0.3) is 0 Å². The van der Waals surface area contributed by atoms with Gasteiger partial charge < -0.3 is 0 Å². The maximum absolute atomic E-state index is 2.87. The van der Waals surface area contributed by atoms with E-state index in [0.717, 1.165) is 29.5 Å². The molecule has 4 fully saturated rings. The van der Waals surface area contributed by atoms with E-state index in [2.05, 4.69) is 44.4 Å². The molecule has 0 aromatic carbocycles. The average Bonchev–Trinajstić information content (AvgIpc) is 3.42. The van der Waals surface area contributed by atoms with Crippen LogP contribution in [0.2, 0.25) is 0 Å². The summed E-state index contributed by atoms with van der Waals surface area (Å²) >= 11 is 0. The Morgan fingerprint density at radius 3 is 2.17 bits per heavy atom. The smallest absolute Gasteiger partial charge is 0.00750 e. The average molecular weight is 333 g/mol. The molecule has 2 saturated carbocycles. The van der Waals surface area contributed by atoms with Crippen molar-refractivity contribution in [2.75, 3.05) is 13.1 Å². The summed E-state index contributed by atoms with van der Waals surface area (Å²) < 4.78 is 0.